The Labute approximate surface area is 119 Å². The molecule has 0 saturated carbocycles. The van der Waals surface area contributed by atoms with E-state index in [1.807, 2.05) is 61.5 Å². The van der Waals surface area contributed by atoms with Gasteiger partial charge in [0.15, 0.2) is 5.60 Å². The number of carbonyl (C=O) groups is 1. The number of nitrogens with one attached hydrogen (secondary N) is 1. The SMILES string of the molecule is Cc1cccc(OC(C)(C)C(=O)Nc2ccccc2)c1. The zero-order valence-corrected chi connectivity index (χ0v) is 12.0. The molecule has 1 N–H and O–H groups in total. The van der Waals surface area contributed by atoms with Crippen molar-refractivity contribution in [3.63, 3.8) is 0 Å². The Morgan fingerprint density at radius 2 is 1.75 bits per heavy atom. The molecule has 0 unspecified atom stereocenters. The molecule has 2 aromatic carbocycles. The quantitative estimate of drug-likeness (QED) is 0.917. The number of amides is 1. The maximum Gasteiger partial charge on any atom is 0.267 e. The van der Waals surface area contributed by atoms with Gasteiger partial charge < -0.3 is 10.1 Å². The maximum atomic E-state index is 12.3. The van der Waals surface area contributed by atoms with E-state index in [9.17, 15) is 4.79 Å². The van der Waals surface area contributed by atoms with Crippen molar-refractivity contribution in [1.29, 1.82) is 0 Å². The average molecular weight is 269 g/mol. The summed E-state index contributed by atoms with van der Waals surface area (Å²) in [5.74, 6) is 0.517. The Bertz CT molecular complexity index is 591. The fraction of sp³-hybridized carbons (Fsp3) is 0.235. The van der Waals surface area contributed by atoms with E-state index >= 15 is 0 Å². The predicted molar refractivity (Wildman–Crippen MR) is 81.0 cm³/mol. The van der Waals surface area contributed by atoms with E-state index in [4.69, 9.17) is 4.74 Å². The molecule has 0 radical (unpaired) electrons. The molecule has 0 aromatic heterocycles. The highest BCUT2D eigenvalue weighted by Crippen LogP contribution is 2.21. The minimum absolute atomic E-state index is 0.176. The highest BCUT2D eigenvalue weighted by Gasteiger charge is 2.30. The second-order valence-corrected chi connectivity index (χ2v) is 5.25. The van der Waals surface area contributed by atoms with E-state index in [1.54, 1.807) is 13.8 Å². The molecule has 1 amide bonds. The molecule has 3 nitrogen and oxygen atoms in total. The van der Waals surface area contributed by atoms with Crippen LogP contribution in [0.5, 0.6) is 5.75 Å². The molecule has 20 heavy (non-hydrogen) atoms. The van der Waals surface area contributed by atoms with Crippen LogP contribution < -0.4 is 10.1 Å². The summed E-state index contributed by atoms with van der Waals surface area (Å²) in [7, 11) is 0. The lowest BCUT2D eigenvalue weighted by Crippen LogP contribution is -2.42. The smallest absolute Gasteiger partial charge is 0.267 e. The third-order valence-electron chi connectivity index (χ3n) is 2.94. The molecule has 104 valence electrons. The number of anilines is 1. The standard InChI is InChI=1S/C17H19NO2/c1-13-8-7-11-15(12-13)20-17(2,3)16(19)18-14-9-5-4-6-10-14/h4-12H,1-3H3,(H,18,19). The second kappa shape index (κ2) is 5.78. The number of hydrogen-bond donors (Lipinski definition) is 1. The third kappa shape index (κ3) is 3.60. The summed E-state index contributed by atoms with van der Waals surface area (Å²) in [6.45, 7) is 5.51. The molecular weight excluding hydrogens is 250 g/mol. The summed E-state index contributed by atoms with van der Waals surface area (Å²) in [6, 6.07) is 17.0. The van der Waals surface area contributed by atoms with Crippen LogP contribution in [0.4, 0.5) is 5.69 Å². The molecule has 0 aliphatic rings. The van der Waals surface area contributed by atoms with E-state index in [0.29, 0.717) is 5.75 Å². The molecule has 2 rings (SSSR count). The Balaban J connectivity index is 2.08. The van der Waals surface area contributed by atoms with Crippen molar-refractivity contribution in [3.8, 4) is 5.75 Å². The fourth-order valence-corrected chi connectivity index (χ4v) is 1.82. The van der Waals surface area contributed by atoms with Crippen LogP contribution in [0.2, 0.25) is 0 Å². The molecule has 0 fully saturated rings. The van der Waals surface area contributed by atoms with Gasteiger partial charge in [-0.1, -0.05) is 30.3 Å². The fourth-order valence-electron chi connectivity index (χ4n) is 1.82. The average Bonchev–Trinajstić information content (AvgIpc) is 2.39. The normalized spacial score (nSPS) is 10.9. The number of ether oxygens (including phenoxy) is 1. The van der Waals surface area contributed by atoms with Crippen LogP contribution >= 0.6 is 0 Å². The minimum atomic E-state index is -0.941. The number of para-hydroxylation sites is 1. The van der Waals surface area contributed by atoms with Crippen LogP contribution in [0.25, 0.3) is 0 Å². The summed E-state index contributed by atoms with van der Waals surface area (Å²) >= 11 is 0. The number of aryl methyl sites for hydroxylation is 1. The van der Waals surface area contributed by atoms with Gasteiger partial charge >= 0.3 is 0 Å². The summed E-state index contributed by atoms with van der Waals surface area (Å²) < 4.78 is 5.80. The van der Waals surface area contributed by atoms with E-state index < -0.39 is 5.60 Å². The van der Waals surface area contributed by atoms with Gasteiger partial charge in [-0.05, 0) is 50.6 Å². The van der Waals surface area contributed by atoms with Crippen molar-refractivity contribution >= 4 is 11.6 Å². The monoisotopic (exact) mass is 269 g/mol. The third-order valence-corrected chi connectivity index (χ3v) is 2.94. The molecule has 0 atom stereocenters. The molecule has 2 aromatic rings. The van der Waals surface area contributed by atoms with Crippen molar-refractivity contribution in [2.24, 2.45) is 0 Å². The molecule has 0 bridgehead atoms. The van der Waals surface area contributed by atoms with E-state index in [0.717, 1.165) is 11.3 Å². The lowest BCUT2D eigenvalue weighted by molar-refractivity contribution is -0.128. The van der Waals surface area contributed by atoms with Crippen molar-refractivity contribution in [3.05, 3.63) is 60.2 Å². The van der Waals surface area contributed by atoms with Gasteiger partial charge in [0.1, 0.15) is 5.75 Å². The largest absolute Gasteiger partial charge is 0.478 e. The van der Waals surface area contributed by atoms with Gasteiger partial charge in [-0.3, -0.25) is 4.79 Å². The Hall–Kier alpha value is -2.29. The molecule has 0 spiro atoms. The molecular formula is C17H19NO2. The van der Waals surface area contributed by atoms with Gasteiger partial charge in [-0.15, -0.1) is 0 Å². The molecule has 3 heteroatoms. The highest BCUT2D eigenvalue weighted by atomic mass is 16.5. The molecule has 0 heterocycles. The van der Waals surface area contributed by atoms with Crippen LogP contribution in [-0.2, 0) is 4.79 Å². The highest BCUT2D eigenvalue weighted by molar-refractivity contribution is 5.96. The Morgan fingerprint density at radius 3 is 2.40 bits per heavy atom. The van der Waals surface area contributed by atoms with Crippen LogP contribution in [0, 0.1) is 6.92 Å². The van der Waals surface area contributed by atoms with Gasteiger partial charge in [-0.2, -0.15) is 0 Å². The summed E-state index contributed by atoms with van der Waals surface area (Å²) in [5, 5.41) is 2.85. The Morgan fingerprint density at radius 1 is 1.05 bits per heavy atom. The van der Waals surface area contributed by atoms with Gasteiger partial charge in [-0.25, -0.2) is 0 Å². The summed E-state index contributed by atoms with van der Waals surface area (Å²) in [4.78, 5) is 12.3. The first-order valence-corrected chi connectivity index (χ1v) is 6.59. The summed E-state index contributed by atoms with van der Waals surface area (Å²) in [6.07, 6.45) is 0. The first kappa shape index (κ1) is 14.1. The van der Waals surface area contributed by atoms with Gasteiger partial charge in [0.05, 0.1) is 0 Å². The number of rotatable bonds is 4. The van der Waals surface area contributed by atoms with Crippen LogP contribution in [0.15, 0.2) is 54.6 Å². The van der Waals surface area contributed by atoms with Crippen molar-refractivity contribution in [2.75, 3.05) is 5.32 Å². The lowest BCUT2D eigenvalue weighted by Gasteiger charge is -2.25. The first-order chi connectivity index (χ1) is 9.47. The van der Waals surface area contributed by atoms with Crippen molar-refractivity contribution < 1.29 is 9.53 Å². The lowest BCUT2D eigenvalue weighted by atomic mass is 10.1. The summed E-state index contributed by atoms with van der Waals surface area (Å²) in [5.41, 5.74) is 0.920. The van der Waals surface area contributed by atoms with Crippen LogP contribution in [0.1, 0.15) is 19.4 Å². The van der Waals surface area contributed by atoms with Crippen LogP contribution in [-0.4, -0.2) is 11.5 Å². The van der Waals surface area contributed by atoms with Crippen molar-refractivity contribution in [2.45, 2.75) is 26.4 Å². The Kier molecular flexibility index (Phi) is 4.08. The molecule has 0 aliphatic heterocycles. The number of hydrogen-bond acceptors (Lipinski definition) is 2. The molecule has 0 aliphatic carbocycles. The predicted octanol–water partition coefficient (Wildman–Crippen LogP) is 3.79. The second-order valence-electron chi connectivity index (χ2n) is 5.25. The number of benzene rings is 2. The van der Waals surface area contributed by atoms with Gasteiger partial charge in [0.2, 0.25) is 0 Å². The first-order valence-electron chi connectivity index (χ1n) is 6.59. The van der Waals surface area contributed by atoms with Gasteiger partial charge in [0, 0.05) is 5.69 Å². The van der Waals surface area contributed by atoms with Crippen LogP contribution in [0.3, 0.4) is 0 Å². The minimum Gasteiger partial charge on any atom is -0.478 e. The maximum absolute atomic E-state index is 12.3. The molecule has 0 saturated heterocycles. The number of carbonyl (C=O) groups excluding carboxylic acids is 1. The topological polar surface area (TPSA) is 38.3 Å². The zero-order valence-electron chi connectivity index (χ0n) is 12.0. The zero-order chi connectivity index (χ0) is 14.6. The van der Waals surface area contributed by atoms with E-state index in [2.05, 4.69) is 5.32 Å². The van der Waals surface area contributed by atoms with Crippen molar-refractivity contribution in [1.82, 2.24) is 0 Å². The van der Waals surface area contributed by atoms with Gasteiger partial charge in [0.25, 0.3) is 5.91 Å². The van der Waals surface area contributed by atoms with E-state index in [1.165, 1.54) is 0 Å². The van der Waals surface area contributed by atoms with E-state index in [-0.39, 0.29) is 5.91 Å².